The number of hydrogen-bond donors (Lipinski definition) is 2. The summed E-state index contributed by atoms with van der Waals surface area (Å²) in [5.74, 6) is 2.23. The zero-order valence-electron chi connectivity index (χ0n) is 8.03. The van der Waals surface area contributed by atoms with Crippen molar-refractivity contribution in [2.75, 3.05) is 5.32 Å². The van der Waals surface area contributed by atoms with Crippen LogP contribution in [0.3, 0.4) is 0 Å². The largest absolute Gasteiger partial charge is 0.363 e. The van der Waals surface area contributed by atoms with E-state index < -0.39 is 0 Å². The van der Waals surface area contributed by atoms with E-state index in [4.69, 9.17) is 0 Å². The van der Waals surface area contributed by atoms with Crippen molar-refractivity contribution in [3.63, 3.8) is 0 Å². The van der Waals surface area contributed by atoms with Crippen LogP contribution in [0.1, 0.15) is 11.6 Å². The average Bonchev–Trinajstić information content (AvgIpc) is 2.65. The third-order valence-corrected chi connectivity index (χ3v) is 2.11. The molecule has 0 atom stereocenters. The number of aromatic amines is 1. The predicted molar refractivity (Wildman–Crippen MR) is 58.2 cm³/mol. The van der Waals surface area contributed by atoms with Crippen LogP contribution in [-0.2, 0) is 6.54 Å². The number of aromatic nitrogens is 5. The van der Waals surface area contributed by atoms with Gasteiger partial charge in [-0.15, -0.1) is 0 Å². The van der Waals surface area contributed by atoms with Gasteiger partial charge in [0.05, 0.1) is 6.54 Å². The number of aryl methyl sites for hydroxylation is 1. The van der Waals surface area contributed by atoms with E-state index in [0.29, 0.717) is 12.4 Å². The lowest BCUT2D eigenvalue weighted by Gasteiger charge is -2.04. The molecule has 0 aromatic carbocycles. The Balaban J connectivity index is 2.05. The summed E-state index contributed by atoms with van der Waals surface area (Å²) < 4.78 is 0.759. The lowest BCUT2D eigenvalue weighted by atomic mass is 10.5. The van der Waals surface area contributed by atoms with Crippen LogP contribution >= 0.6 is 15.9 Å². The molecule has 0 aliphatic rings. The molecule has 2 rings (SSSR count). The molecule has 2 aromatic rings. The van der Waals surface area contributed by atoms with Gasteiger partial charge in [0.1, 0.15) is 28.4 Å². The van der Waals surface area contributed by atoms with Gasteiger partial charge in [-0.05, 0) is 22.9 Å². The van der Waals surface area contributed by atoms with Gasteiger partial charge in [-0.2, -0.15) is 5.10 Å². The minimum absolute atomic E-state index is 0.558. The molecule has 0 fully saturated rings. The molecule has 0 saturated carbocycles. The molecule has 2 aromatic heterocycles. The molecule has 15 heavy (non-hydrogen) atoms. The molecule has 0 radical (unpaired) electrons. The van der Waals surface area contributed by atoms with Gasteiger partial charge in [-0.25, -0.2) is 15.0 Å². The van der Waals surface area contributed by atoms with Crippen molar-refractivity contribution in [2.45, 2.75) is 13.5 Å². The number of halogens is 1. The summed E-state index contributed by atoms with van der Waals surface area (Å²) >= 11 is 3.30. The van der Waals surface area contributed by atoms with Crippen molar-refractivity contribution in [3.05, 3.63) is 28.6 Å². The highest BCUT2D eigenvalue weighted by atomic mass is 79.9. The average molecular weight is 269 g/mol. The van der Waals surface area contributed by atoms with E-state index >= 15 is 0 Å². The second-order valence-corrected chi connectivity index (χ2v) is 3.72. The zero-order chi connectivity index (χ0) is 10.7. The maximum absolute atomic E-state index is 4.22. The third kappa shape index (κ3) is 2.72. The van der Waals surface area contributed by atoms with Gasteiger partial charge in [-0.3, -0.25) is 5.10 Å². The normalized spacial score (nSPS) is 10.3. The van der Waals surface area contributed by atoms with E-state index in [1.807, 2.05) is 13.0 Å². The zero-order valence-corrected chi connectivity index (χ0v) is 9.61. The van der Waals surface area contributed by atoms with E-state index in [-0.39, 0.29) is 0 Å². The van der Waals surface area contributed by atoms with E-state index in [0.717, 1.165) is 16.2 Å². The van der Waals surface area contributed by atoms with Gasteiger partial charge in [0, 0.05) is 6.07 Å². The van der Waals surface area contributed by atoms with Gasteiger partial charge in [0.2, 0.25) is 0 Å². The van der Waals surface area contributed by atoms with Crippen molar-refractivity contribution in [1.82, 2.24) is 25.1 Å². The fourth-order valence-electron chi connectivity index (χ4n) is 1.11. The first kappa shape index (κ1) is 10.0. The maximum Gasteiger partial charge on any atom is 0.143 e. The molecule has 2 heterocycles. The SMILES string of the molecule is Cc1nc(Br)cc(NCc2ncn[nH]2)n1. The first-order chi connectivity index (χ1) is 7.24. The quantitative estimate of drug-likeness (QED) is 0.820. The number of rotatable bonds is 3. The van der Waals surface area contributed by atoms with E-state index in [9.17, 15) is 0 Å². The summed E-state index contributed by atoms with van der Waals surface area (Å²) in [4.78, 5) is 12.3. The van der Waals surface area contributed by atoms with Gasteiger partial charge in [0.25, 0.3) is 0 Å². The van der Waals surface area contributed by atoms with Gasteiger partial charge >= 0.3 is 0 Å². The molecular formula is C8H9BrN6. The Bertz CT molecular complexity index is 420. The molecule has 0 bridgehead atoms. The van der Waals surface area contributed by atoms with Crippen molar-refractivity contribution < 1.29 is 0 Å². The van der Waals surface area contributed by atoms with Crippen LogP contribution in [0.25, 0.3) is 0 Å². The Morgan fingerprint density at radius 3 is 3.00 bits per heavy atom. The van der Waals surface area contributed by atoms with Gasteiger partial charge in [-0.1, -0.05) is 0 Å². The van der Waals surface area contributed by atoms with Crippen molar-refractivity contribution in [2.24, 2.45) is 0 Å². The molecule has 0 spiro atoms. The Hall–Kier alpha value is -1.50. The van der Waals surface area contributed by atoms with Crippen LogP contribution in [0.5, 0.6) is 0 Å². The van der Waals surface area contributed by atoms with Crippen LogP contribution < -0.4 is 5.32 Å². The molecule has 78 valence electrons. The molecule has 0 aliphatic heterocycles. The van der Waals surface area contributed by atoms with Crippen LogP contribution in [0, 0.1) is 6.92 Å². The molecule has 2 N–H and O–H groups in total. The monoisotopic (exact) mass is 268 g/mol. The number of hydrogen-bond acceptors (Lipinski definition) is 5. The fraction of sp³-hybridized carbons (Fsp3) is 0.250. The molecular weight excluding hydrogens is 260 g/mol. The lowest BCUT2D eigenvalue weighted by Crippen LogP contribution is -2.04. The van der Waals surface area contributed by atoms with E-state index in [1.165, 1.54) is 6.33 Å². The van der Waals surface area contributed by atoms with Crippen LogP contribution in [0.4, 0.5) is 5.82 Å². The Morgan fingerprint density at radius 2 is 2.33 bits per heavy atom. The highest BCUT2D eigenvalue weighted by Crippen LogP contribution is 2.12. The minimum atomic E-state index is 0.558. The lowest BCUT2D eigenvalue weighted by molar-refractivity contribution is 0.935. The summed E-state index contributed by atoms with van der Waals surface area (Å²) in [5, 5.41) is 9.62. The van der Waals surface area contributed by atoms with E-state index in [2.05, 4.69) is 46.4 Å². The first-order valence-corrected chi connectivity index (χ1v) is 5.12. The second-order valence-electron chi connectivity index (χ2n) is 2.91. The Labute approximate surface area is 94.7 Å². The molecule has 7 heteroatoms. The predicted octanol–water partition coefficient (Wildman–Crippen LogP) is 1.28. The Kier molecular flexibility index (Phi) is 2.91. The van der Waals surface area contributed by atoms with Crippen molar-refractivity contribution in [3.8, 4) is 0 Å². The molecule has 0 aliphatic carbocycles. The number of anilines is 1. The first-order valence-electron chi connectivity index (χ1n) is 4.33. The van der Waals surface area contributed by atoms with Crippen LogP contribution in [-0.4, -0.2) is 25.1 Å². The van der Waals surface area contributed by atoms with Gasteiger partial charge in [0.15, 0.2) is 0 Å². The van der Waals surface area contributed by atoms with Crippen LogP contribution in [0.15, 0.2) is 17.0 Å². The number of nitrogens with one attached hydrogen (secondary N) is 2. The third-order valence-electron chi connectivity index (χ3n) is 1.71. The highest BCUT2D eigenvalue weighted by molar-refractivity contribution is 9.10. The molecule has 0 saturated heterocycles. The smallest absolute Gasteiger partial charge is 0.143 e. The molecule has 6 nitrogen and oxygen atoms in total. The van der Waals surface area contributed by atoms with Crippen molar-refractivity contribution in [1.29, 1.82) is 0 Å². The highest BCUT2D eigenvalue weighted by Gasteiger charge is 2.00. The maximum atomic E-state index is 4.22. The fourth-order valence-corrected chi connectivity index (χ4v) is 1.59. The van der Waals surface area contributed by atoms with Gasteiger partial charge < -0.3 is 5.32 Å². The van der Waals surface area contributed by atoms with E-state index in [1.54, 1.807) is 0 Å². The second kappa shape index (κ2) is 4.35. The van der Waals surface area contributed by atoms with Crippen molar-refractivity contribution >= 4 is 21.7 Å². The summed E-state index contributed by atoms with van der Waals surface area (Å²) in [6.45, 7) is 2.40. The Morgan fingerprint density at radius 1 is 1.47 bits per heavy atom. The number of H-pyrrole nitrogens is 1. The summed E-state index contributed by atoms with van der Waals surface area (Å²) in [6, 6.07) is 1.81. The van der Waals surface area contributed by atoms with Crippen LogP contribution in [0.2, 0.25) is 0 Å². The summed E-state index contributed by atoms with van der Waals surface area (Å²) in [5.41, 5.74) is 0. The number of nitrogens with zero attached hydrogens (tertiary/aromatic N) is 4. The standard InChI is InChI=1S/C8H9BrN6/c1-5-13-6(9)2-7(14-5)10-3-8-11-4-12-15-8/h2,4H,3H2,1H3,(H,10,13,14)(H,11,12,15). The summed E-state index contributed by atoms with van der Waals surface area (Å²) in [7, 11) is 0. The minimum Gasteiger partial charge on any atom is -0.363 e. The molecule has 0 amide bonds. The molecule has 0 unspecified atom stereocenters. The summed E-state index contributed by atoms with van der Waals surface area (Å²) in [6.07, 6.45) is 1.47. The topological polar surface area (TPSA) is 79.4 Å².